The number of carboxylic acid groups (broad SMARTS) is 2. The topological polar surface area (TPSA) is 256 Å². The van der Waals surface area contributed by atoms with Gasteiger partial charge in [-0.15, -0.1) is 12.4 Å². The molecular formula is C66H110Cl3Mn2N9O13S6. The van der Waals surface area contributed by atoms with Crippen molar-refractivity contribution in [1.82, 2.24) is 39.3 Å². The Morgan fingerprint density at radius 2 is 0.960 bits per heavy atom. The number of hydrogen-bond acceptors (Lipinski definition) is 25. The Balaban J connectivity index is -0.00000129. The molecule has 99 heavy (non-hydrogen) atoms. The van der Waals surface area contributed by atoms with Crippen LogP contribution in [-0.2, 0) is 109 Å². The van der Waals surface area contributed by atoms with E-state index < -0.39 is 46.2 Å². The first-order valence-electron chi connectivity index (χ1n) is 32.0. The first-order chi connectivity index (χ1) is 46.4. The van der Waals surface area contributed by atoms with Gasteiger partial charge in [-0.2, -0.15) is 74.2 Å². The van der Waals surface area contributed by atoms with Gasteiger partial charge in [-0.3, -0.25) is 47.9 Å². The van der Waals surface area contributed by atoms with E-state index in [0.29, 0.717) is 82.5 Å². The van der Waals surface area contributed by atoms with E-state index in [1.54, 1.807) is 41.7 Å². The zero-order chi connectivity index (χ0) is 73.3. The Bertz CT molecular complexity index is 2710. The molecule has 4 bridgehead atoms. The minimum Gasteiger partial charge on any atom is 0 e. The molecule has 5 rings (SSSR count). The molecule has 5 unspecified atom stereocenters. The van der Waals surface area contributed by atoms with E-state index >= 15 is 0 Å². The van der Waals surface area contributed by atoms with E-state index in [1.807, 2.05) is 48.2 Å². The molecule has 2 aliphatic rings. The number of carboxylic acids is 2. The fourth-order valence-corrected chi connectivity index (χ4v) is 13.1. The molecule has 3 aromatic rings. The molecule has 1 radical (unpaired) electrons. The Morgan fingerprint density at radius 1 is 0.616 bits per heavy atom. The van der Waals surface area contributed by atoms with E-state index in [0.717, 1.165) is 78.6 Å². The summed E-state index contributed by atoms with van der Waals surface area (Å²) in [6.45, 7) is 21.3. The molecule has 0 spiro atoms. The predicted octanol–water partition coefficient (Wildman–Crippen LogP) is 9.67. The van der Waals surface area contributed by atoms with Gasteiger partial charge in [0.15, 0.2) is 6.10 Å². The van der Waals surface area contributed by atoms with Crippen LogP contribution in [0.3, 0.4) is 0 Å². The largest absolute Gasteiger partial charge is 0 e. The molecule has 2 N–H and O–H groups in total. The van der Waals surface area contributed by atoms with Crippen molar-refractivity contribution in [2.45, 2.75) is 128 Å². The zero-order valence-electron chi connectivity index (χ0n) is 59.8. The van der Waals surface area contributed by atoms with Crippen LogP contribution >= 0.6 is 93.1 Å². The van der Waals surface area contributed by atoms with Crippen molar-refractivity contribution in [1.29, 1.82) is 5.26 Å². The number of aryl methyl sites for hydroxylation is 1. The molecule has 3 heterocycles. The van der Waals surface area contributed by atoms with Gasteiger partial charge in [0.05, 0.1) is 43.7 Å². The van der Waals surface area contributed by atoms with Gasteiger partial charge in [-0.25, -0.2) is 4.79 Å². The third-order valence-electron chi connectivity index (χ3n) is 15.7. The third-order valence-corrected chi connectivity index (χ3v) is 19.4. The maximum Gasteiger partial charge on any atom is 0 e. The Hall–Kier alpha value is -2.28. The number of ether oxygens (including phenoxy) is 3. The minimum atomic E-state index is -3.97. The van der Waals surface area contributed by atoms with Crippen LogP contribution in [0.5, 0.6) is 0 Å². The number of aromatic nitrogens is 1. The van der Waals surface area contributed by atoms with Crippen LogP contribution in [0.4, 0.5) is 0 Å². The summed E-state index contributed by atoms with van der Waals surface area (Å²) in [7, 11) is 13.8. The van der Waals surface area contributed by atoms with Crippen LogP contribution in [0.2, 0.25) is 0 Å². The van der Waals surface area contributed by atoms with Gasteiger partial charge in [0.2, 0.25) is 0 Å². The first-order valence-corrected chi connectivity index (χ1v) is 42.1. The summed E-state index contributed by atoms with van der Waals surface area (Å²) >= 11 is 13.5. The SMILES string of the molecule is CC#N.CCN(CC)CC.CN1CCN(C(CCS)C(=O)O)Cc2cccc(n2)CN(C(CCS)C(=O)O)CC1.COC(=O)C(CCSC)N1CCN(C)CCN(C(CCSC)C(=O)OC)Cc2cccc(c2)C1.COC(=O)C(CCSC)OS(=O)(=O)c1ccc(C)cc1.Cl.[Cl][Mn][Cl].[Mn]. The average Bonchev–Trinajstić information content (AvgIpc) is 0.849. The van der Waals surface area contributed by atoms with Crippen molar-refractivity contribution >= 4 is 133 Å². The van der Waals surface area contributed by atoms with Gasteiger partial charge in [-0.1, -0.05) is 68.8 Å². The van der Waals surface area contributed by atoms with Crippen molar-refractivity contribution in [3.63, 3.8) is 0 Å². The van der Waals surface area contributed by atoms with Crippen molar-refractivity contribution in [2.24, 2.45) is 0 Å². The number of benzene rings is 2. The molecule has 33 heteroatoms. The monoisotopic (exact) mass is 1640 g/mol. The number of rotatable bonds is 28. The summed E-state index contributed by atoms with van der Waals surface area (Å²) in [5.74, 6) is 0.688. The molecular weight excluding hydrogens is 1540 g/mol. The Kier molecular flexibility index (Phi) is 62.1. The molecule has 0 saturated heterocycles. The maximum atomic E-state index is 12.7. The number of carbonyl (C=O) groups is 5. The molecule has 22 nitrogen and oxygen atoms in total. The number of fused-ring (bicyclic) bond motifs is 4. The number of methoxy groups -OCH3 is 3. The molecule has 2 aromatic carbocycles. The van der Waals surface area contributed by atoms with E-state index in [4.69, 9.17) is 44.1 Å². The summed E-state index contributed by atoms with van der Waals surface area (Å²) in [5, 5.41) is 26.7. The summed E-state index contributed by atoms with van der Waals surface area (Å²) in [4.78, 5) is 80.5. The van der Waals surface area contributed by atoms with Crippen LogP contribution < -0.4 is 0 Å². The third kappa shape index (κ3) is 42.5. The van der Waals surface area contributed by atoms with Gasteiger partial charge >= 0.3 is 63.2 Å². The number of nitriles is 1. The number of nitrogens with zero attached hydrogens (tertiary/aromatic N) is 9. The van der Waals surface area contributed by atoms with Crippen LogP contribution in [0.1, 0.15) is 87.9 Å². The van der Waals surface area contributed by atoms with E-state index in [-0.39, 0.29) is 77.9 Å². The van der Waals surface area contributed by atoms with E-state index in [9.17, 15) is 42.6 Å². The second-order valence-corrected chi connectivity index (χ2v) is 29.7. The molecule has 2 aliphatic heterocycles. The Labute approximate surface area is 647 Å². The maximum absolute atomic E-state index is 12.7. The van der Waals surface area contributed by atoms with Gasteiger partial charge in [-0.05, 0) is 156 Å². The number of pyridine rings is 1. The Morgan fingerprint density at radius 3 is 1.27 bits per heavy atom. The molecule has 568 valence electrons. The molecule has 0 saturated carbocycles. The molecule has 0 aliphatic carbocycles. The van der Waals surface area contributed by atoms with Gasteiger partial charge < -0.3 is 39.1 Å². The number of carbonyl (C=O) groups excluding carboxylic acids is 3. The number of halogens is 3. The van der Waals surface area contributed by atoms with Crippen LogP contribution in [0.25, 0.3) is 0 Å². The van der Waals surface area contributed by atoms with Gasteiger partial charge in [0, 0.05) is 103 Å². The first kappa shape index (κ1) is 101. The second-order valence-electron chi connectivity index (χ2n) is 22.4. The van der Waals surface area contributed by atoms with Crippen LogP contribution in [0.15, 0.2) is 71.6 Å². The van der Waals surface area contributed by atoms with E-state index in [2.05, 4.69) is 119 Å². The smallest absolute Gasteiger partial charge is 0 e. The van der Waals surface area contributed by atoms with Crippen LogP contribution in [0, 0.1) is 18.3 Å². The number of esters is 3. The number of aliphatic carboxylic acids is 2. The van der Waals surface area contributed by atoms with Crippen molar-refractivity contribution in [3.8, 4) is 6.07 Å². The van der Waals surface area contributed by atoms with Crippen molar-refractivity contribution in [3.05, 3.63) is 94.8 Å². The summed E-state index contributed by atoms with van der Waals surface area (Å²) in [6, 6.07) is 20.4. The van der Waals surface area contributed by atoms with E-state index in [1.165, 1.54) is 71.8 Å². The fraction of sp³-hybridized carbons (Fsp3) is 0.652. The van der Waals surface area contributed by atoms with Gasteiger partial charge in [0.25, 0.3) is 10.1 Å². The van der Waals surface area contributed by atoms with Gasteiger partial charge in [0.1, 0.15) is 24.2 Å². The fourth-order valence-electron chi connectivity index (χ4n) is 10.2. The number of thioether (sulfide) groups is 3. The second kappa shape index (κ2) is 60.9. The standard InChI is InChI=1S/C25H41N3O4S2.C20H32N4O4S2.C13H18O5S2.C6H15N.C2H3N.3ClH.2Mn/c1-26-11-13-27(22(9-15-33-4)24(29)31-2)18-20-7-6-8-21(17-20)19-28(14-12-26)23(10-16-34-5)25(30)32-3;1-22-7-9-23(17(5-11-29)19(25)26)13-15-3-2-4-16(21-15)14-24(10-8-22)18(6-12-30)20(27)28;1-10-4-6-11(7-5-10)20(15,16)18-12(8-9-19-3)13(14)17-2;1-4-7(5-2)6-3;1-2-3;;;;;/h6-8,17,22-23H,9-16,18-19H2,1-5H3;2-4,17-18,29-30H,5-14H2,1H3,(H,25,26)(H,27,28);4-7,12H,8-9H2,1-3H3;4-6H2,1-3H3;1H3;3*1H;;/q;;;;;;;;;+2/p-2. The summed E-state index contributed by atoms with van der Waals surface area (Å²) in [5.41, 5.74) is 4.83. The minimum absolute atomic E-state index is 0. The quantitative estimate of drug-likeness (QED) is 0.0173. The molecule has 0 amide bonds. The normalized spacial score (nSPS) is 15.8. The number of likely N-dealkylation sites (N-methyl/N-ethyl adjacent to an activating group) is 2. The molecule has 0 fully saturated rings. The average molecular weight is 1650 g/mol. The number of thiol groups is 2. The van der Waals surface area contributed by atoms with Crippen molar-refractivity contribution < 1.29 is 91.2 Å². The number of hydrogen-bond donors (Lipinski definition) is 4. The molecule has 5 atom stereocenters. The summed E-state index contributed by atoms with van der Waals surface area (Å²) in [6.07, 6.45) is 7.60. The predicted molar refractivity (Wildman–Crippen MR) is 407 cm³/mol. The molecule has 1 aromatic heterocycles. The van der Waals surface area contributed by atoms with Crippen LogP contribution in [-0.4, -0.2) is 273 Å². The van der Waals surface area contributed by atoms with Crippen molar-refractivity contribution in [2.75, 3.05) is 155 Å². The zero-order valence-corrected chi connectivity index (χ0v) is 69.5. The summed E-state index contributed by atoms with van der Waals surface area (Å²) < 4.78 is 44.1.